The number of hydrogen-bond donors (Lipinski definition) is 2. The van der Waals surface area contributed by atoms with E-state index in [4.69, 9.17) is 9.97 Å². The maximum atomic E-state index is 5.80. The number of rotatable bonds is 36. The normalized spacial score (nSPS) is 12.1. The molecular weight excluding hydrogens is 1060 g/mol. The van der Waals surface area contributed by atoms with E-state index in [0.717, 1.165) is 92.8 Å². The highest BCUT2D eigenvalue weighted by molar-refractivity contribution is 6.01. The van der Waals surface area contributed by atoms with E-state index < -0.39 is 0 Å². The number of H-pyrrole nitrogens is 2. The highest BCUT2D eigenvalue weighted by atomic mass is 14.8. The average molecular weight is 1180 g/mol. The minimum atomic E-state index is 0.969. The molecule has 0 saturated heterocycles. The summed E-state index contributed by atoms with van der Waals surface area (Å²) < 4.78 is 0. The van der Waals surface area contributed by atoms with Crippen molar-refractivity contribution in [2.24, 2.45) is 0 Å². The lowest BCUT2D eigenvalue weighted by Crippen LogP contribution is -1.95. The van der Waals surface area contributed by atoms with Crippen LogP contribution < -0.4 is 0 Å². The fourth-order valence-electron chi connectivity index (χ4n) is 14.1. The van der Waals surface area contributed by atoms with E-state index in [9.17, 15) is 0 Å². The Morgan fingerprint density at radius 3 is 0.659 bits per heavy atom. The summed E-state index contributed by atoms with van der Waals surface area (Å²) in [5.74, 6) is 0. The Hall–Kier alpha value is -6.52. The van der Waals surface area contributed by atoms with Crippen LogP contribution in [0.5, 0.6) is 0 Å². The standard InChI is InChI=1S/C84H110N4/c1-9-13-17-21-25-29-33-37-65-41-45-69(61(5)57-65)81-73-49-51-75(85-73)82(70-46-42-66(58-62(70)6)38-34-30-26-22-18-14-10-2)77-53-55-79(87-77)84(72-48-44-68(60-64(72)8)40-36-32-28-24-20-16-12-4)80-56-54-78(88-80)83(76-52-50-74(81)86-76)71-47-43-67(59-63(71)7)39-35-31-27-23-19-15-11-3/h41-60,85,88H,9-40H2,1-8H3. The quantitative estimate of drug-likeness (QED) is 0.0385. The van der Waals surface area contributed by atoms with Crippen LogP contribution in [0.3, 0.4) is 0 Å². The van der Waals surface area contributed by atoms with Crippen molar-refractivity contribution >= 4 is 46.4 Å². The second-order valence-corrected chi connectivity index (χ2v) is 26.6. The van der Waals surface area contributed by atoms with Gasteiger partial charge < -0.3 is 9.97 Å². The first kappa shape index (κ1) is 65.9. The smallest absolute Gasteiger partial charge is 0.0737 e. The van der Waals surface area contributed by atoms with Gasteiger partial charge in [0.05, 0.1) is 22.8 Å². The molecule has 8 bridgehead atoms. The number of aromatic amines is 2. The molecule has 0 radical (unpaired) electrons. The van der Waals surface area contributed by atoms with Gasteiger partial charge in [0.15, 0.2) is 0 Å². The van der Waals surface area contributed by atoms with Crippen LogP contribution in [0.25, 0.3) is 90.9 Å². The van der Waals surface area contributed by atoms with Crippen LogP contribution in [-0.2, 0) is 25.7 Å². The number of aromatic nitrogens is 4. The highest BCUT2D eigenvalue weighted by Crippen LogP contribution is 2.41. The molecule has 3 aromatic heterocycles. The van der Waals surface area contributed by atoms with Crippen LogP contribution in [0.1, 0.15) is 275 Å². The summed E-state index contributed by atoms with van der Waals surface area (Å²) >= 11 is 0. The van der Waals surface area contributed by atoms with Crippen LogP contribution in [0.15, 0.2) is 97.1 Å². The van der Waals surface area contributed by atoms with E-state index in [0.29, 0.717) is 0 Å². The number of unbranched alkanes of at least 4 members (excludes halogenated alkanes) is 24. The predicted molar refractivity (Wildman–Crippen MR) is 386 cm³/mol. The van der Waals surface area contributed by atoms with Crippen LogP contribution in [0, 0.1) is 27.7 Å². The molecule has 2 aliphatic heterocycles. The molecule has 2 aliphatic rings. The maximum absolute atomic E-state index is 5.80. The fourth-order valence-corrected chi connectivity index (χ4v) is 14.1. The Balaban J connectivity index is 1.22. The van der Waals surface area contributed by atoms with E-state index >= 15 is 0 Å². The second-order valence-electron chi connectivity index (χ2n) is 26.6. The Morgan fingerprint density at radius 2 is 0.455 bits per heavy atom. The van der Waals surface area contributed by atoms with Gasteiger partial charge in [-0.2, -0.15) is 0 Å². The fraction of sp³-hybridized carbons (Fsp3) is 0.476. The summed E-state index contributed by atoms with van der Waals surface area (Å²) in [6, 6.07) is 38.1. The van der Waals surface area contributed by atoms with Crippen molar-refractivity contribution in [3.63, 3.8) is 0 Å². The maximum Gasteiger partial charge on any atom is 0.0737 e. The number of nitrogens with one attached hydrogen (secondary N) is 2. The zero-order chi connectivity index (χ0) is 61.5. The minimum Gasteiger partial charge on any atom is -0.354 e. The molecule has 0 aliphatic carbocycles. The number of fused-ring (bicyclic) bond motifs is 8. The van der Waals surface area contributed by atoms with Crippen molar-refractivity contribution in [3.05, 3.63) is 164 Å². The SMILES string of the molecule is CCCCCCCCCc1ccc(-c2c3nc(c(-c4ccc(CCCCCCCCC)cc4C)c4ccc([nH]4)c(-c4ccc(CCCCCCCCC)cc4C)c4nc(c(-c5ccc(CCCCCCCCC)cc5C)c5ccc2[nH]5)C=C4)C=C3)c(C)c1. The van der Waals surface area contributed by atoms with Crippen LogP contribution >= 0.6 is 0 Å². The summed E-state index contributed by atoms with van der Waals surface area (Å²) in [4.78, 5) is 19.8. The summed E-state index contributed by atoms with van der Waals surface area (Å²) in [6.07, 6.45) is 50.4. The Kier molecular flexibility index (Phi) is 25.8. The number of hydrogen-bond acceptors (Lipinski definition) is 2. The molecule has 7 aromatic rings. The van der Waals surface area contributed by atoms with Crippen molar-refractivity contribution in [3.8, 4) is 44.5 Å². The van der Waals surface area contributed by atoms with Gasteiger partial charge in [-0.15, -0.1) is 0 Å². The third-order valence-electron chi connectivity index (χ3n) is 19.3. The molecule has 0 saturated carbocycles. The molecule has 4 nitrogen and oxygen atoms in total. The summed E-state index contributed by atoms with van der Waals surface area (Å²) in [5, 5.41) is 0. The van der Waals surface area contributed by atoms with Crippen molar-refractivity contribution in [2.45, 2.75) is 261 Å². The first-order valence-electron chi connectivity index (χ1n) is 35.7. The van der Waals surface area contributed by atoms with Crippen molar-refractivity contribution < 1.29 is 0 Å². The van der Waals surface area contributed by atoms with Gasteiger partial charge in [0, 0.05) is 44.3 Å². The van der Waals surface area contributed by atoms with Gasteiger partial charge in [-0.25, -0.2) is 9.97 Å². The number of benzene rings is 4. The van der Waals surface area contributed by atoms with Gasteiger partial charge in [0.2, 0.25) is 0 Å². The molecule has 0 fully saturated rings. The molecule has 0 amide bonds. The van der Waals surface area contributed by atoms with E-state index in [1.165, 1.54) is 247 Å². The minimum absolute atomic E-state index is 0.969. The van der Waals surface area contributed by atoms with Gasteiger partial charge in [-0.3, -0.25) is 0 Å². The van der Waals surface area contributed by atoms with Gasteiger partial charge in [0.1, 0.15) is 0 Å². The zero-order valence-corrected chi connectivity index (χ0v) is 56.1. The summed E-state index contributed by atoms with van der Waals surface area (Å²) in [7, 11) is 0. The molecule has 0 unspecified atom stereocenters. The topological polar surface area (TPSA) is 57.4 Å². The van der Waals surface area contributed by atoms with Gasteiger partial charge in [0.25, 0.3) is 0 Å². The molecule has 4 aromatic carbocycles. The molecule has 466 valence electrons. The van der Waals surface area contributed by atoms with E-state index in [2.05, 4.69) is 187 Å². The lowest BCUT2D eigenvalue weighted by molar-refractivity contribution is 0.589. The molecule has 5 heterocycles. The Labute approximate surface area is 533 Å². The molecule has 88 heavy (non-hydrogen) atoms. The van der Waals surface area contributed by atoms with Crippen molar-refractivity contribution in [1.29, 1.82) is 0 Å². The summed E-state index contributed by atoms with van der Waals surface area (Å²) in [6.45, 7) is 18.4. The van der Waals surface area contributed by atoms with Crippen LogP contribution in [0.4, 0.5) is 0 Å². The first-order chi connectivity index (χ1) is 43.2. The summed E-state index contributed by atoms with van der Waals surface area (Å²) in [5.41, 5.74) is 28.2. The molecule has 2 N–H and O–H groups in total. The molecule has 0 atom stereocenters. The third-order valence-corrected chi connectivity index (χ3v) is 19.3. The van der Waals surface area contributed by atoms with Gasteiger partial charge in [-0.1, -0.05) is 255 Å². The predicted octanol–water partition coefficient (Wildman–Crippen LogP) is 25.7. The van der Waals surface area contributed by atoms with Crippen molar-refractivity contribution in [2.75, 3.05) is 0 Å². The number of aryl methyl sites for hydroxylation is 8. The van der Waals surface area contributed by atoms with Crippen LogP contribution in [0.2, 0.25) is 0 Å². The van der Waals surface area contributed by atoms with E-state index in [-0.39, 0.29) is 0 Å². The average Bonchev–Trinajstić information content (AvgIpc) is 2.12. The third kappa shape index (κ3) is 17.9. The van der Waals surface area contributed by atoms with Crippen molar-refractivity contribution in [1.82, 2.24) is 19.9 Å². The van der Waals surface area contributed by atoms with Gasteiger partial charge in [-0.05, 0) is 194 Å². The molecule has 9 rings (SSSR count). The van der Waals surface area contributed by atoms with Gasteiger partial charge >= 0.3 is 0 Å². The lowest BCUT2D eigenvalue weighted by atomic mass is 9.95. The Bertz CT molecular complexity index is 3130. The highest BCUT2D eigenvalue weighted by Gasteiger charge is 2.22. The molecular formula is C84H110N4. The molecule has 4 heteroatoms. The Morgan fingerprint density at radius 1 is 0.250 bits per heavy atom. The van der Waals surface area contributed by atoms with E-state index in [1.807, 2.05) is 0 Å². The lowest BCUT2D eigenvalue weighted by Gasteiger charge is -2.13. The number of nitrogens with zero attached hydrogens (tertiary/aromatic N) is 2. The second kappa shape index (κ2) is 34.5. The zero-order valence-electron chi connectivity index (χ0n) is 56.1. The van der Waals surface area contributed by atoms with E-state index in [1.54, 1.807) is 0 Å². The molecule has 0 spiro atoms. The monoisotopic (exact) mass is 1170 g/mol. The largest absolute Gasteiger partial charge is 0.354 e. The van der Waals surface area contributed by atoms with Crippen LogP contribution in [-0.4, -0.2) is 19.9 Å². The first-order valence-corrected chi connectivity index (χ1v) is 35.7.